The molecule has 0 amide bonds. The van der Waals surface area contributed by atoms with Crippen LogP contribution in [0, 0.1) is 6.92 Å². The van der Waals surface area contributed by atoms with Crippen molar-refractivity contribution in [3.8, 4) is 0 Å². The first-order valence-electron chi connectivity index (χ1n) is 8.83. The van der Waals surface area contributed by atoms with Crippen LogP contribution in [0.3, 0.4) is 0 Å². The monoisotopic (exact) mass is 415 g/mol. The van der Waals surface area contributed by atoms with E-state index in [1.165, 1.54) is 18.2 Å². The van der Waals surface area contributed by atoms with Crippen molar-refractivity contribution in [1.82, 2.24) is 4.98 Å². The summed E-state index contributed by atoms with van der Waals surface area (Å²) in [6.07, 6.45) is -4.50. The highest BCUT2D eigenvalue weighted by Crippen LogP contribution is 2.34. The van der Waals surface area contributed by atoms with E-state index in [0.29, 0.717) is 16.2 Å². The molecule has 0 saturated heterocycles. The Labute approximate surface area is 165 Å². The second-order valence-electron chi connectivity index (χ2n) is 6.91. The van der Waals surface area contributed by atoms with Crippen LogP contribution in [0.4, 0.5) is 13.2 Å². The number of hydrogen-bond acceptors (Lipinski definition) is 3. The highest BCUT2D eigenvalue weighted by molar-refractivity contribution is 7.90. The molecule has 0 radical (unpaired) electrons. The van der Waals surface area contributed by atoms with E-state index in [9.17, 15) is 21.6 Å². The van der Waals surface area contributed by atoms with Gasteiger partial charge in [-0.15, -0.1) is 0 Å². The number of alkyl halides is 3. The molecule has 0 aliphatic rings. The normalized spacial score (nSPS) is 12.6. The summed E-state index contributed by atoms with van der Waals surface area (Å²) >= 11 is 0. The second-order valence-corrected chi connectivity index (χ2v) is 8.90. The average molecular weight is 415 g/mol. The van der Waals surface area contributed by atoms with E-state index in [1.807, 2.05) is 6.92 Å². The molecule has 0 N–H and O–H groups in total. The van der Waals surface area contributed by atoms with Crippen LogP contribution >= 0.6 is 0 Å². The van der Waals surface area contributed by atoms with E-state index in [-0.39, 0.29) is 16.1 Å². The standard InChI is InChI=1S/C22H16F3NO2S/c1-14-6-9-16(10-7-14)29(27,28)13-21-18-5-3-2-4-17(18)19-11-8-15(22(23,24)25)12-20(19)26-21/h2-12H,13H2,1H3. The molecule has 0 fully saturated rings. The average Bonchev–Trinajstić information content (AvgIpc) is 2.67. The third kappa shape index (κ3) is 3.70. The van der Waals surface area contributed by atoms with Gasteiger partial charge in [-0.2, -0.15) is 13.2 Å². The predicted molar refractivity (Wildman–Crippen MR) is 106 cm³/mol. The summed E-state index contributed by atoms with van der Waals surface area (Å²) in [5.74, 6) is -0.400. The van der Waals surface area contributed by atoms with Crippen molar-refractivity contribution in [3.05, 3.63) is 83.6 Å². The van der Waals surface area contributed by atoms with Crippen molar-refractivity contribution in [2.75, 3.05) is 0 Å². The Morgan fingerprint density at radius 3 is 2.17 bits per heavy atom. The van der Waals surface area contributed by atoms with Gasteiger partial charge < -0.3 is 0 Å². The van der Waals surface area contributed by atoms with Crippen LogP contribution in [0.15, 0.2) is 71.6 Å². The quantitative estimate of drug-likeness (QED) is 0.404. The zero-order chi connectivity index (χ0) is 20.8. The summed E-state index contributed by atoms with van der Waals surface area (Å²) < 4.78 is 65.2. The maximum absolute atomic E-state index is 13.1. The fraction of sp³-hybridized carbons (Fsp3) is 0.136. The van der Waals surface area contributed by atoms with Gasteiger partial charge in [0.15, 0.2) is 9.84 Å². The Kier molecular flexibility index (Phi) is 4.58. The van der Waals surface area contributed by atoms with Crippen molar-refractivity contribution in [1.29, 1.82) is 0 Å². The number of nitrogens with zero attached hydrogens (tertiary/aromatic N) is 1. The van der Waals surface area contributed by atoms with E-state index in [0.717, 1.165) is 17.7 Å². The number of aryl methyl sites for hydroxylation is 1. The molecule has 29 heavy (non-hydrogen) atoms. The van der Waals surface area contributed by atoms with Crippen LogP contribution in [-0.2, 0) is 21.8 Å². The molecular weight excluding hydrogens is 399 g/mol. The predicted octanol–water partition coefficient (Wildman–Crippen LogP) is 5.69. The molecule has 0 aliphatic carbocycles. The van der Waals surface area contributed by atoms with Gasteiger partial charge in [-0.3, -0.25) is 4.98 Å². The van der Waals surface area contributed by atoms with Crippen LogP contribution in [0.25, 0.3) is 21.7 Å². The lowest BCUT2D eigenvalue weighted by Crippen LogP contribution is -2.08. The van der Waals surface area contributed by atoms with Gasteiger partial charge in [0.2, 0.25) is 0 Å². The minimum atomic E-state index is -4.50. The highest BCUT2D eigenvalue weighted by Gasteiger charge is 2.31. The molecule has 1 aromatic heterocycles. The molecule has 3 aromatic carbocycles. The van der Waals surface area contributed by atoms with Crippen LogP contribution in [0.5, 0.6) is 0 Å². The Morgan fingerprint density at radius 2 is 1.52 bits per heavy atom. The van der Waals surface area contributed by atoms with E-state index >= 15 is 0 Å². The van der Waals surface area contributed by atoms with Crippen LogP contribution in [0.2, 0.25) is 0 Å². The van der Waals surface area contributed by atoms with Crippen molar-refractivity contribution in [2.45, 2.75) is 23.7 Å². The van der Waals surface area contributed by atoms with Crippen molar-refractivity contribution in [2.24, 2.45) is 0 Å². The van der Waals surface area contributed by atoms with Gasteiger partial charge in [0.05, 0.1) is 27.4 Å². The molecule has 0 aliphatic heterocycles. The number of aromatic nitrogens is 1. The lowest BCUT2D eigenvalue weighted by molar-refractivity contribution is -0.137. The lowest BCUT2D eigenvalue weighted by atomic mass is 10.0. The number of sulfone groups is 1. The minimum Gasteiger partial charge on any atom is -0.251 e. The van der Waals surface area contributed by atoms with E-state index in [4.69, 9.17) is 0 Å². The minimum absolute atomic E-state index is 0.118. The molecule has 0 unspecified atom stereocenters. The Morgan fingerprint density at radius 1 is 0.862 bits per heavy atom. The van der Waals surface area contributed by atoms with Gasteiger partial charge in [0.25, 0.3) is 0 Å². The third-order valence-corrected chi connectivity index (χ3v) is 6.46. The number of fused-ring (bicyclic) bond motifs is 3. The molecule has 148 valence electrons. The molecular formula is C22H16F3NO2S. The topological polar surface area (TPSA) is 47.0 Å². The largest absolute Gasteiger partial charge is 0.416 e. The van der Waals surface area contributed by atoms with Crippen LogP contribution in [-0.4, -0.2) is 13.4 Å². The van der Waals surface area contributed by atoms with Crippen molar-refractivity contribution >= 4 is 31.5 Å². The van der Waals surface area contributed by atoms with Gasteiger partial charge in [0, 0.05) is 10.8 Å². The molecule has 0 atom stereocenters. The SMILES string of the molecule is Cc1ccc(S(=O)(=O)Cc2nc3cc(C(F)(F)F)ccc3c3ccccc23)cc1. The fourth-order valence-corrected chi connectivity index (χ4v) is 4.62. The van der Waals surface area contributed by atoms with Gasteiger partial charge in [0.1, 0.15) is 0 Å². The molecule has 0 bridgehead atoms. The number of pyridine rings is 1. The molecule has 7 heteroatoms. The third-order valence-electron chi connectivity index (χ3n) is 4.82. The van der Waals surface area contributed by atoms with Crippen LogP contribution in [0.1, 0.15) is 16.8 Å². The molecule has 0 saturated carbocycles. The molecule has 3 nitrogen and oxygen atoms in total. The molecule has 0 spiro atoms. The van der Waals surface area contributed by atoms with E-state index < -0.39 is 27.3 Å². The number of halogens is 3. The fourth-order valence-electron chi connectivity index (χ4n) is 3.32. The Hall–Kier alpha value is -2.93. The van der Waals surface area contributed by atoms with Gasteiger partial charge in [-0.25, -0.2) is 8.42 Å². The first-order chi connectivity index (χ1) is 13.6. The number of hydrogen-bond donors (Lipinski definition) is 0. The Bertz CT molecular complexity index is 1330. The summed E-state index contributed by atoms with van der Waals surface area (Å²) in [7, 11) is -3.71. The summed E-state index contributed by atoms with van der Waals surface area (Å²) in [4.78, 5) is 4.48. The second kappa shape index (κ2) is 6.84. The molecule has 4 aromatic rings. The van der Waals surface area contributed by atoms with E-state index in [2.05, 4.69) is 4.98 Å². The zero-order valence-corrected chi connectivity index (χ0v) is 16.2. The summed E-state index contributed by atoms with van der Waals surface area (Å²) in [5.41, 5.74) is 0.457. The highest BCUT2D eigenvalue weighted by atomic mass is 32.2. The smallest absolute Gasteiger partial charge is 0.251 e. The number of rotatable bonds is 3. The van der Waals surface area contributed by atoms with Crippen molar-refractivity contribution < 1.29 is 21.6 Å². The van der Waals surface area contributed by atoms with Gasteiger partial charge in [-0.1, -0.05) is 48.0 Å². The van der Waals surface area contributed by atoms with Crippen molar-refractivity contribution in [3.63, 3.8) is 0 Å². The molecule has 4 rings (SSSR count). The Balaban J connectivity index is 1.91. The van der Waals surface area contributed by atoms with Gasteiger partial charge >= 0.3 is 6.18 Å². The zero-order valence-electron chi connectivity index (χ0n) is 15.4. The first kappa shape index (κ1) is 19.4. The summed E-state index contributed by atoms with van der Waals surface area (Å²) in [5, 5.41) is 1.82. The lowest BCUT2D eigenvalue weighted by Gasteiger charge is -2.12. The molecule has 1 heterocycles. The summed E-state index contributed by atoms with van der Waals surface area (Å²) in [6.45, 7) is 1.85. The van der Waals surface area contributed by atoms with E-state index in [1.54, 1.807) is 36.4 Å². The first-order valence-corrected chi connectivity index (χ1v) is 10.5. The number of benzene rings is 3. The summed E-state index contributed by atoms with van der Waals surface area (Å²) in [6, 6.07) is 16.8. The van der Waals surface area contributed by atoms with Gasteiger partial charge in [-0.05, 0) is 36.6 Å². The van der Waals surface area contributed by atoms with Crippen LogP contribution < -0.4 is 0 Å². The maximum Gasteiger partial charge on any atom is 0.416 e. The maximum atomic E-state index is 13.1.